The molecular weight excluding hydrogens is 266 g/mol. The van der Waals surface area contributed by atoms with Crippen molar-refractivity contribution in [1.82, 2.24) is 5.32 Å². The standard InChI is InChI=1S/C13H19N3O2.ClH/c1-8(2)11(14)13(18)16-7-9-4-3-5-10(6-9)12(15)17;/h3-6,8,11H,7,14H2,1-2H3,(H2,15,17)(H,16,18);1H/t11-;/m1./s1. The summed E-state index contributed by atoms with van der Waals surface area (Å²) in [5.41, 5.74) is 12.1. The molecule has 106 valence electrons. The van der Waals surface area contributed by atoms with E-state index in [0.29, 0.717) is 12.1 Å². The average Bonchev–Trinajstić information content (AvgIpc) is 2.35. The van der Waals surface area contributed by atoms with Crippen LogP contribution in [0.3, 0.4) is 0 Å². The number of nitrogens with two attached hydrogens (primary N) is 2. The normalized spacial score (nSPS) is 11.6. The number of nitrogens with one attached hydrogen (secondary N) is 1. The van der Waals surface area contributed by atoms with Crippen molar-refractivity contribution in [2.75, 3.05) is 0 Å². The van der Waals surface area contributed by atoms with E-state index >= 15 is 0 Å². The fourth-order valence-corrected chi connectivity index (χ4v) is 1.44. The van der Waals surface area contributed by atoms with Crippen LogP contribution in [0.4, 0.5) is 0 Å². The lowest BCUT2D eigenvalue weighted by molar-refractivity contribution is -0.123. The van der Waals surface area contributed by atoms with Crippen molar-refractivity contribution >= 4 is 24.2 Å². The first-order valence-corrected chi connectivity index (χ1v) is 5.84. The molecule has 0 unspecified atom stereocenters. The lowest BCUT2D eigenvalue weighted by Gasteiger charge is -2.15. The Labute approximate surface area is 119 Å². The second kappa shape index (κ2) is 7.76. The van der Waals surface area contributed by atoms with Crippen LogP contribution < -0.4 is 16.8 Å². The lowest BCUT2D eigenvalue weighted by atomic mass is 10.0. The zero-order valence-electron chi connectivity index (χ0n) is 11.1. The number of carbonyl (C=O) groups is 2. The molecule has 1 rings (SSSR count). The summed E-state index contributed by atoms with van der Waals surface area (Å²) in [4.78, 5) is 22.7. The maximum absolute atomic E-state index is 11.6. The van der Waals surface area contributed by atoms with E-state index in [4.69, 9.17) is 11.5 Å². The number of amides is 2. The maximum atomic E-state index is 11.6. The Morgan fingerprint density at radius 1 is 1.32 bits per heavy atom. The molecular formula is C13H20ClN3O2. The van der Waals surface area contributed by atoms with Crippen LogP contribution in [0.2, 0.25) is 0 Å². The van der Waals surface area contributed by atoms with Crippen LogP contribution in [-0.2, 0) is 11.3 Å². The molecule has 0 radical (unpaired) electrons. The number of hydrogen-bond donors (Lipinski definition) is 3. The minimum atomic E-state index is -0.524. The Kier molecular flexibility index (Phi) is 7.11. The average molecular weight is 286 g/mol. The molecule has 0 fully saturated rings. The highest BCUT2D eigenvalue weighted by atomic mass is 35.5. The molecule has 1 aromatic rings. The van der Waals surface area contributed by atoms with Gasteiger partial charge in [0.05, 0.1) is 6.04 Å². The Balaban J connectivity index is 0.00000324. The Morgan fingerprint density at radius 3 is 2.47 bits per heavy atom. The number of hydrogen-bond acceptors (Lipinski definition) is 3. The van der Waals surface area contributed by atoms with Crippen molar-refractivity contribution in [2.45, 2.75) is 26.4 Å². The van der Waals surface area contributed by atoms with E-state index in [2.05, 4.69) is 5.32 Å². The summed E-state index contributed by atoms with van der Waals surface area (Å²) in [5.74, 6) is -0.599. The summed E-state index contributed by atoms with van der Waals surface area (Å²) in [6, 6.07) is 6.30. The third-order valence-corrected chi connectivity index (χ3v) is 2.70. The Bertz CT molecular complexity index is 449. The van der Waals surface area contributed by atoms with Gasteiger partial charge in [0, 0.05) is 12.1 Å². The predicted octanol–water partition coefficient (Wildman–Crippen LogP) is 0.807. The second-order valence-electron chi connectivity index (χ2n) is 4.55. The molecule has 0 aliphatic carbocycles. The number of primary amides is 1. The zero-order chi connectivity index (χ0) is 13.7. The van der Waals surface area contributed by atoms with Crippen molar-refractivity contribution in [3.63, 3.8) is 0 Å². The summed E-state index contributed by atoms with van der Waals surface area (Å²) in [7, 11) is 0. The first-order valence-electron chi connectivity index (χ1n) is 5.84. The van der Waals surface area contributed by atoms with Crippen LogP contribution in [-0.4, -0.2) is 17.9 Å². The van der Waals surface area contributed by atoms with Gasteiger partial charge in [-0.2, -0.15) is 0 Å². The number of rotatable bonds is 5. The van der Waals surface area contributed by atoms with Crippen LogP contribution in [0.25, 0.3) is 0 Å². The fraction of sp³-hybridized carbons (Fsp3) is 0.385. The van der Waals surface area contributed by atoms with Gasteiger partial charge in [0.15, 0.2) is 0 Å². The molecule has 0 aliphatic rings. The zero-order valence-corrected chi connectivity index (χ0v) is 11.9. The molecule has 6 heteroatoms. The monoisotopic (exact) mass is 285 g/mol. The molecule has 1 aromatic carbocycles. The van der Waals surface area contributed by atoms with Crippen molar-refractivity contribution < 1.29 is 9.59 Å². The van der Waals surface area contributed by atoms with Crippen molar-refractivity contribution in [1.29, 1.82) is 0 Å². The molecule has 19 heavy (non-hydrogen) atoms. The third kappa shape index (κ3) is 5.28. The fourth-order valence-electron chi connectivity index (χ4n) is 1.44. The van der Waals surface area contributed by atoms with Crippen LogP contribution in [0.5, 0.6) is 0 Å². The van der Waals surface area contributed by atoms with Crippen molar-refractivity contribution in [3.8, 4) is 0 Å². The van der Waals surface area contributed by atoms with Crippen LogP contribution in [0, 0.1) is 5.92 Å². The van der Waals surface area contributed by atoms with Gasteiger partial charge in [0.25, 0.3) is 0 Å². The largest absolute Gasteiger partial charge is 0.366 e. The van der Waals surface area contributed by atoms with Crippen LogP contribution in [0.15, 0.2) is 24.3 Å². The second-order valence-corrected chi connectivity index (χ2v) is 4.55. The van der Waals surface area contributed by atoms with Gasteiger partial charge in [-0.25, -0.2) is 0 Å². The van der Waals surface area contributed by atoms with E-state index in [1.165, 1.54) is 0 Å². The maximum Gasteiger partial charge on any atom is 0.248 e. The molecule has 0 saturated carbocycles. The highest BCUT2D eigenvalue weighted by molar-refractivity contribution is 5.92. The highest BCUT2D eigenvalue weighted by Gasteiger charge is 2.16. The third-order valence-electron chi connectivity index (χ3n) is 2.70. The summed E-state index contributed by atoms with van der Waals surface area (Å²) in [6.07, 6.45) is 0. The quantitative estimate of drug-likeness (QED) is 0.746. The molecule has 0 heterocycles. The Morgan fingerprint density at radius 2 is 1.95 bits per heavy atom. The molecule has 0 saturated heterocycles. The summed E-state index contributed by atoms with van der Waals surface area (Å²) < 4.78 is 0. The van der Waals surface area contributed by atoms with Crippen molar-refractivity contribution in [3.05, 3.63) is 35.4 Å². The number of halogens is 1. The predicted molar refractivity (Wildman–Crippen MR) is 76.9 cm³/mol. The van der Waals surface area contributed by atoms with Crippen molar-refractivity contribution in [2.24, 2.45) is 17.4 Å². The molecule has 5 nitrogen and oxygen atoms in total. The van der Waals surface area contributed by atoms with Gasteiger partial charge >= 0.3 is 0 Å². The van der Waals surface area contributed by atoms with E-state index in [0.717, 1.165) is 5.56 Å². The summed E-state index contributed by atoms with van der Waals surface area (Å²) in [6.45, 7) is 4.11. The van der Waals surface area contributed by atoms with E-state index < -0.39 is 11.9 Å². The van der Waals surface area contributed by atoms with Crippen LogP contribution >= 0.6 is 12.4 Å². The van der Waals surface area contributed by atoms with Gasteiger partial charge in [-0.05, 0) is 23.6 Å². The number of benzene rings is 1. The van der Waals surface area contributed by atoms with Gasteiger partial charge in [0.1, 0.15) is 0 Å². The lowest BCUT2D eigenvalue weighted by Crippen LogP contribution is -2.43. The summed E-state index contributed by atoms with van der Waals surface area (Å²) >= 11 is 0. The number of carbonyl (C=O) groups excluding carboxylic acids is 2. The smallest absolute Gasteiger partial charge is 0.248 e. The molecule has 0 spiro atoms. The molecule has 0 aromatic heterocycles. The van der Waals surface area contributed by atoms with E-state index in [-0.39, 0.29) is 24.2 Å². The SMILES string of the molecule is CC(C)[C@@H](N)C(=O)NCc1cccc(C(N)=O)c1.Cl. The molecule has 0 bridgehead atoms. The van der Waals surface area contributed by atoms with Gasteiger partial charge in [-0.3, -0.25) is 9.59 Å². The topological polar surface area (TPSA) is 98.2 Å². The minimum Gasteiger partial charge on any atom is -0.366 e. The van der Waals surface area contributed by atoms with E-state index in [1.807, 2.05) is 19.9 Å². The molecule has 5 N–H and O–H groups in total. The van der Waals surface area contributed by atoms with Gasteiger partial charge in [0.2, 0.25) is 11.8 Å². The van der Waals surface area contributed by atoms with Gasteiger partial charge in [-0.15, -0.1) is 12.4 Å². The highest BCUT2D eigenvalue weighted by Crippen LogP contribution is 2.05. The molecule has 2 amide bonds. The van der Waals surface area contributed by atoms with E-state index in [9.17, 15) is 9.59 Å². The Hall–Kier alpha value is -1.59. The van der Waals surface area contributed by atoms with Crippen LogP contribution in [0.1, 0.15) is 29.8 Å². The minimum absolute atomic E-state index is 0. The van der Waals surface area contributed by atoms with Gasteiger partial charge < -0.3 is 16.8 Å². The first-order chi connectivity index (χ1) is 8.41. The molecule has 0 aliphatic heterocycles. The van der Waals surface area contributed by atoms with Gasteiger partial charge in [-0.1, -0.05) is 26.0 Å². The molecule has 1 atom stereocenters. The van der Waals surface area contributed by atoms with E-state index in [1.54, 1.807) is 18.2 Å². The summed E-state index contributed by atoms with van der Waals surface area (Å²) in [5, 5.41) is 2.73. The first kappa shape index (κ1) is 17.4.